The summed E-state index contributed by atoms with van der Waals surface area (Å²) in [6.45, 7) is 10.7. The molecule has 1 N–H and O–H groups in total. The molecule has 3 aliphatic rings. The molecule has 0 aliphatic carbocycles. The lowest BCUT2D eigenvalue weighted by molar-refractivity contribution is 0.0195. The number of morpholine rings is 1. The summed E-state index contributed by atoms with van der Waals surface area (Å²) >= 11 is 6.36. The number of likely N-dealkylation sites (tertiary alicyclic amines) is 1. The Morgan fingerprint density at radius 3 is 2.77 bits per heavy atom. The van der Waals surface area contributed by atoms with Crippen molar-refractivity contribution in [1.29, 1.82) is 0 Å². The smallest absolute Gasteiger partial charge is 0.193 e. The fraction of sp³-hybridized carbons (Fsp3) is 0.667. The van der Waals surface area contributed by atoms with Gasteiger partial charge in [0.1, 0.15) is 13.2 Å². The Morgan fingerprint density at radius 1 is 1.17 bits per heavy atom. The molecule has 3 aliphatic heterocycles. The van der Waals surface area contributed by atoms with Gasteiger partial charge in [-0.1, -0.05) is 11.6 Å². The first-order chi connectivity index (χ1) is 14.2. The van der Waals surface area contributed by atoms with Crippen molar-refractivity contribution in [3.05, 3.63) is 22.7 Å². The van der Waals surface area contributed by atoms with E-state index in [0.717, 1.165) is 69.6 Å². The number of halogens is 2. The zero-order valence-corrected chi connectivity index (χ0v) is 20.7. The maximum atomic E-state index is 6.36. The van der Waals surface area contributed by atoms with Crippen molar-refractivity contribution in [2.24, 2.45) is 4.99 Å². The first kappa shape index (κ1) is 23.7. The summed E-state index contributed by atoms with van der Waals surface area (Å²) in [7, 11) is 0. The second-order valence-corrected chi connectivity index (χ2v) is 8.03. The summed E-state index contributed by atoms with van der Waals surface area (Å²) in [5.41, 5.74) is 1.12. The van der Waals surface area contributed by atoms with E-state index in [1.165, 1.54) is 6.42 Å². The maximum Gasteiger partial charge on any atom is 0.193 e. The summed E-state index contributed by atoms with van der Waals surface area (Å²) in [6.07, 6.45) is 1.99. The quantitative estimate of drug-likeness (QED) is 0.346. The molecule has 4 rings (SSSR count). The van der Waals surface area contributed by atoms with Gasteiger partial charge in [-0.25, -0.2) is 0 Å². The van der Waals surface area contributed by atoms with Crippen LogP contribution in [0.25, 0.3) is 0 Å². The van der Waals surface area contributed by atoms with Gasteiger partial charge in [-0.3, -0.25) is 9.89 Å². The molecule has 0 amide bonds. The van der Waals surface area contributed by atoms with Gasteiger partial charge in [0.05, 0.1) is 18.2 Å². The maximum absolute atomic E-state index is 6.36. The molecular formula is C21H32ClIN4O3. The van der Waals surface area contributed by atoms with Gasteiger partial charge in [0, 0.05) is 45.3 Å². The van der Waals surface area contributed by atoms with Crippen LogP contribution in [0, 0.1) is 0 Å². The number of benzene rings is 1. The molecule has 0 saturated carbocycles. The van der Waals surface area contributed by atoms with Crippen LogP contribution in [0.1, 0.15) is 18.9 Å². The lowest BCUT2D eigenvalue weighted by atomic mass is 10.1. The van der Waals surface area contributed by atoms with Crippen LogP contribution in [0.5, 0.6) is 11.5 Å². The average molecular weight is 551 g/mol. The average Bonchev–Trinajstić information content (AvgIpc) is 3.24. The highest BCUT2D eigenvalue weighted by Crippen LogP contribution is 2.38. The molecule has 7 nitrogen and oxygen atoms in total. The largest absolute Gasteiger partial charge is 0.486 e. The second kappa shape index (κ2) is 11.6. The van der Waals surface area contributed by atoms with Crippen LogP contribution in [0.2, 0.25) is 5.02 Å². The van der Waals surface area contributed by atoms with Gasteiger partial charge >= 0.3 is 0 Å². The van der Waals surface area contributed by atoms with Crippen LogP contribution < -0.4 is 14.8 Å². The SMILES string of the molecule is CCNC(=NCCc1cc(Cl)c2c(c1)OCCO2)N1CCC(N2CCOCC2)C1.I. The highest BCUT2D eigenvalue weighted by atomic mass is 127. The Bertz CT molecular complexity index is 730. The topological polar surface area (TPSA) is 58.6 Å². The highest BCUT2D eigenvalue weighted by Gasteiger charge is 2.30. The van der Waals surface area contributed by atoms with Gasteiger partial charge in [-0.2, -0.15) is 0 Å². The third-order valence-corrected chi connectivity index (χ3v) is 5.96. The van der Waals surface area contributed by atoms with Crippen LogP contribution >= 0.6 is 35.6 Å². The van der Waals surface area contributed by atoms with Gasteiger partial charge in [0.15, 0.2) is 17.5 Å². The van der Waals surface area contributed by atoms with Gasteiger partial charge in [0.2, 0.25) is 0 Å². The van der Waals surface area contributed by atoms with Crippen molar-refractivity contribution in [3.8, 4) is 11.5 Å². The van der Waals surface area contributed by atoms with Gasteiger partial charge in [-0.05, 0) is 37.5 Å². The van der Waals surface area contributed by atoms with Crippen molar-refractivity contribution in [2.75, 3.05) is 65.7 Å². The minimum atomic E-state index is 0. The molecular weight excluding hydrogens is 519 g/mol. The fourth-order valence-electron chi connectivity index (χ4n) is 4.20. The Balaban J connectivity index is 0.00000256. The Labute approximate surface area is 201 Å². The standard InChI is InChI=1S/C21H31ClN4O3.HI/c1-2-23-21(26-6-4-17(15-26)25-7-9-27-10-8-25)24-5-3-16-13-18(22)20-19(14-16)28-11-12-29-20;/h13-14,17H,2-12,15H2,1H3,(H,23,24);1H. The lowest BCUT2D eigenvalue weighted by Gasteiger charge is -2.32. The van der Waals surface area contributed by atoms with Gasteiger partial charge < -0.3 is 24.4 Å². The van der Waals surface area contributed by atoms with Crippen molar-refractivity contribution in [2.45, 2.75) is 25.8 Å². The number of hydrogen-bond acceptors (Lipinski definition) is 5. The number of aliphatic imine (C=N–C) groups is 1. The highest BCUT2D eigenvalue weighted by molar-refractivity contribution is 14.0. The van der Waals surface area contributed by atoms with E-state index in [1.807, 2.05) is 12.1 Å². The van der Waals surface area contributed by atoms with Crippen LogP contribution in [0.15, 0.2) is 17.1 Å². The molecule has 168 valence electrons. The molecule has 0 aromatic heterocycles. The van der Waals surface area contributed by atoms with E-state index in [9.17, 15) is 0 Å². The van der Waals surface area contributed by atoms with E-state index in [-0.39, 0.29) is 24.0 Å². The molecule has 0 radical (unpaired) electrons. The molecule has 0 spiro atoms. The number of hydrogen-bond donors (Lipinski definition) is 1. The third-order valence-electron chi connectivity index (χ3n) is 5.68. The summed E-state index contributed by atoms with van der Waals surface area (Å²) in [5, 5.41) is 4.07. The van der Waals surface area contributed by atoms with Crippen molar-refractivity contribution < 1.29 is 14.2 Å². The van der Waals surface area contributed by atoms with E-state index < -0.39 is 0 Å². The molecule has 3 heterocycles. The first-order valence-electron chi connectivity index (χ1n) is 10.7. The van der Waals surface area contributed by atoms with Crippen LogP contribution in [-0.2, 0) is 11.2 Å². The molecule has 0 bridgehead atoms. The predicted molar refractivity (Wildman–Crippen MR) is 130 cm³/mol. The first-order valence-corrected chi connectivity index (χ1v) is 11.1. The number of nitrogens with one attached hydrogen (secondary N) is 1. The van der Waals surface area contributed by atoms with E-state index in [1.54, 1.807) is 0 Å². The normalized spacial score (nSPS) is 22.0. The predicted octanol–water partition coefficient (Wildman–Crippen LogP) is 2.64. The number of rotatable bonds is 5. The van der Waals surface area contributed by atoms with Crippen LogP contribution in [0.3, 0.4) is 0 Å². The summed E-state index contributed by atoms with van der Waals surface area (Å²) < 4.78 is 16.8. The van der Waals surface area contributed by atoms with E-state index in [2.05, 4.69) is 22.0 Å². The summed E-state index contributed by atoms with van der Waals surface area (Å²) in [4.78, 5) is 9.83. The Hall–Kier alpha value is -0.970. The van der Waals surface area contributed by atoms with E-state index >= 15 is 0 Å². The van der Waals surface area contributed by atoms with E-state index in [0.29, 0.717) is 36.6 Å². The van der Waals surface area contributed by atoms with Gasteiger partial charge in [-0.15, -0.1) is 24.0 Å². The number of ether oxygens (including phenoxy) is 3. The van der Waals surface area contributed by atoms with E-state index in [4.69, 9.17) is 30.8 Å². The molecule has 1 unspecified atom stereocenters. The van der Waals surface area contributed by atoms with Gasteiger partial charge in [0.25, 0.3) is 0 Å². The van der Waals surface area contributed by atoms with Crippen molar-refractivity contribution >= 4 is 41.5 Å². The minimum Gasteiger partial charge on any atom is -0.486 e. The number of guanidine groups is 1. The Kier molecular flexibility index (Phi) is 9.15. The molecule has 30 heavy (non-hydrogen) atoms. The fourth-order valence-corrected chi connectivity index (χ4v) is 4.49. The van der Waals surface area contributed by atoms with Crippen LogP contribution in [0.4, 0.5) is 0 Å². The second-order valence-electron chi connectivity index (χ2n) is 7.62. The monoisotopic (exact) mass is 550 g/mol. The molecule has 1 atom stereocenters. The van der Waals surface area contributed by atoms with Crippen molar-refractivity contribution in [3.63, 3.8) is 0 Å². The summed E-state index contributed by atoms with van der Waals surface area (Å²) in [6, 6.07) is 4.58. The molecule has 2 saturated heterocycles. The number of nitrogens with zero attached hydrogens (tertiary/aromatic N) is 3. The zero-order valence-electron chi connectivity index (χ0n) is 17.6. The van der Waals surface area contributed by atoms with Crippen LogP contribution in [-0.4, -0.2) is 87.5 Å². The minimum absolute atomic E-state index is 0. The summed E-state index contributed by atoms with van der Waals surface area (Å²) in [5.74, 6) is 2.40. The zero-order chi connectivity index (χ0) is 20.1. The molecule has 1 aromatic rings. The molecule has 9 heteroatoms. The lowest BCUT2D eigenvalue weighted by Crippen LogP contribution is -2.46. The Morgan fingerprint density at radius 2 is 1.97 bits per heavy atom. The third kappa shape index (κ3) is 5.83. The van der Waals surface area contributed by atoms with Crippen molar-refractivity contribution in [1.82, 2.24) is 15.1 Å². The number of fused-ring (bicyclic) bond motifs is 1. The molecule has 1 aromatic carbocycles. The molecule has 2 fully saturated rings.